The van der Waals surface area contributed by atoms with Crippen LogP contribution in [0.4, 0.5) is 0 Å². The monoisotopic (exact) mass is 558 g/mol. The predicted octanol–water partition coefficient (Wildman–Crippen LogP) is -4.12. The van der Waals surface area contributed by atoms with Gasteiger partial charge >= 0.3 is 0 Å². The maximum atomic E-state index is 12.1. The van der Waals surface area contributed by atoms with Crippen molar-refractivity contribution >= 4 is 5.91 Å². The number of aliphatic hydroxyl groups is 3. The molecule has 11 atom stereocenters. The van der Waals surface area contributed by atoms with E-state index in [2.05, 4.69) is 15.3 Å². The molecule has 2 aliphatic rings. The number of nitrogens with two attached hydrogens (primary N) is 5. The molecule has 1 aromatic heterocycles. The van der Waals surface area contributed by atoms with E-state index in [-0.39, 0.29) is 18.9 Å². The highest BCUT2D eigenvalue weighted by Crippen LogP contribution is 2.28. The molecule has 15 heteroatoms. The molecule has 3 rings (SSSR count). The fourth-order valence-corrected chi connectivity index (χ4v) is 4.95. The van der Waals surface area contributed by atoms with E-state index >= 15 is 0 Å². The van der Waals surface area contributed by atoms with Crippen molar-refractivity contribution in [3.05, 3.63) is 18.2 Å². The topological polar surface area (TPSA) is 276 Å². The molecule has 1 unspecified atom stereocenters. The summed E-state index contributed by atoms with van der Waals surface area (Å²) in [5, 5.41) is 34.2. The van der Waals surface area contributed by atoms with E-state index < -0.39 is 67.1 Å². The summed E-state index contributed by atoms with van der Waals surface area (Å²) in [5.74, 6) is -0.203. The largest absolute Gasteiger partial charge is 0.389 e. The number of H-pyrrole nitrogens is 1. The van der Waals surface area contributed by atoms with Crippen molar-refractivity contribution in [3.63, 3.8) is 0 Å². The summed E-state index contributed by atoms with van der Waals surface area (Å²) in [5.41, 5.74) is 30.7. The minimum absolute atomic E-state index is 0.0449. The lowest BCUT2D eigenvalue weighted by Crippen LogP contribution is -2.67. The first-order chi connectivity index (χ1) is 18.6. The summed E-state index contributed by atoms with van der Waals surface area (Å²) in [6.45, 7) is 0.931. The summed E-state index contributed by atoms with van der Waals surface area (Å²) in [6, 6.07) is -2.95. The lowest BCUT2D eigenvalue weighted by atomic mass is 9.84. The minimum atomic E-state index is -1.32. The van der Waals surface area contributed by atoms with Gasteiger partial charge in [-0.15, -0.1) is 0 Å². The summed E-state index contributed by atoms with van der Waals surface area (Å²) < 4.78 is 17.6. The maximum absolute atomic E-state index is 12.1. The second-order valence-electron chi connectivity index (χ2n) is 10.4. The smallest absolute Gasteiger partial charge is 0.237 e. The van der Waals surface area contributed by atoms with Crippen LogP contribution in [0.3, 0.4) is 0 Å². The van der Waals surface area contributed by atoms with Gasteiger partial charge in [0.1, 0.15) is 30.5 Å². The lowest BCUT2D eigenvalue weighted by Gasteiger charge is -2.46. The van der Waals surface area contributed by atoms with Crippen molar-refractivity contribution in [2.75, 3.05) is 19.7 Å². The van der Waals surface area contributed by atoms with Gasteiger partial charge in [-0.25, -0.2) is 4.98 Å². The molecule has 0 bridgehead atoms. The zero-order valence-corrected chi connectivity index (χ0v) is 22.2. The Kier molecular flexibility index (Phi) is 12.5. The highest BCUT2D eigenvalue weighted by atomic mass is 16.7. The van der Waals surface area contributed by atoms with Crippen LogP contribution in [0, 0.1) is 0 Å². The molecule has 224 valence electrons. The van der Waals surface area contributed by atoms with Crippen molar-refractivity contribution in [1.29, 1.82) is 0 Å². The molecule has 0 spiro atoms. The molecule has 0 aromatic carbocycles. The number of aromatic amines is 1. The number of rotatable bonds is 14. The van der Waals surface area contributed by atoms with Gasteiger partial charge in [0.2, 0.25) is 5.91 Å². The standard InChI is InChI=1S/C24H46N8O7/c25-9-16-22(19(34)17(29)24(38-16)39-21-14(27)8-13(26)18(33)20(21)35)37-6-4-2-1-3-5-31-23(36)15(28)7-12-10-30-11-32-12/h10-11,13-22,24,33-35H,1-9,25-29H2,(H,30,32)(H,31,36)/t13-,14+,15?,16-,17-,18+,19-,20-,21-,22-,24-/m1/s1. The van der Waals surface area contributed by atoms with Crippen LogP contribution in [0.1, 0.15) is 37.8 Å². The van der Waals surface area contributed by atoms with Crippen molar-refractivity contribution in [3.8, 4) is 0 Å². The molecule has 1 saturated carbocycles. The van der Waals surface area contributed by atoms with Crippen LogP contribution < -0.4 is 34.0 Å². The summed E-state index contributed by atoms with van der Waals surface area (Å²) in [6.07, 6.45) is -0.135. The maximum Gasteiger partial charge on any atom is 0.237 e. The van der Waals surface area contributed by atoms with Crippen molar-refractivity contribution in [2.24, 2.45) is 28.7 Å². The first kappa shape index (κ1) is 31.8. The fraction of sp³-hybridized carbons (Fsp3) is 0.833. The summed E-state index contributed by atoms with van der Waals surface area (Å²) >= 11 is 0. The van der Waals surface area contributed by atoms with Crippen molar-refractivity contribution in [1.82, 2.24) is 15.3 Å². The van der Waals surface area contributed by atoms with Crippen LogP contribution in [0.5, 0.6) is 0 Å². The fourth-order valence-electron chi connectivity index (χ4n) is 4.95. The van der Waals surface area contributed by atoms with Gasteiger partial charge in [0, 0.05) is 50.1 Å². The highest BCUT2D eigenvalue weighted by molar-refractivity contribution is 5.81. The van der Waals surface area contributed by atoms with Crippen LogP contribution in [-0.4, -0.2) is 118 Å². The summed E-state index contributed by atoms with van der Waals surface area (Å²) in [4.78, 5) is 18.9. The zero-order chi connectivity index (χ0) is 28.5. The van der Waals surface area contributed by atoms with Gasteiger partial charge in [0.15, 0.2) is 6.29 Å². The first-order valence-electron chi connectivity index (χ1n) is 13.6. The van der Waals surface area contributed by atoms with Gasteiger partial charge in [0.25, 0.3) is 0 Å². The number of carbonyl (C=O) groups excluding carboxylic acids is 1. The minimum Gasteiger partial charge on any atom is -0.389 e. The molecule has 15 nitrogen and oxygen atoms in total. The number of carbonyl (C=O) groups is 1. The van der Waals surface area contributed by atoms with E-state index in [0.29, 0.717) is 19.6 Å². The number of hydrogen-bond acceptors (Lipinski definition) is 13. The second kappa shape index (κ2) is 15.3. The first-order valence-corrected chi connectivity index (χ1v) is 13.6. The number of nitrogens with zero attached hydrogens (tertiary/aromatic N) is 1. The molecular weight excluding hydrogens is 512 g/mol. The molecule has 1 aliphatic carbocycles. The molecule has 1 aromatic rings. The van der Waals surface area contributed by atoms with Crippen molar-refractivity contribution < 1.29 is 34.3 Å². The number of imidazole rings is 1. The Labute approximate surface area is 228 Å². The Balaban J connectivity index is 1.34. The lowest BCUT2D eigenvalue weighted by molar-refractivity contribution is -0.293. The Morgan fingerprint density at radius 3 is 2.54 bits per heavy atom. The van der Waals surface area contributed by atoms with Gasteiger partial charge in [-0.3, -0.25) is 4.79 Å². The van der Waals surface area contributed by atoms with Gasteiger partial charge < -0.3 is 68.5 Å². The van der Waals surface area contributed by atoms with E-state index in [1.165, 1.54) is 0 Å². The predicted molar refractivity (Wildman–Crippen MR) is 141 cm³/mol. The Morgan fingerprint density at radius 2 is 1.85 bits per heavy atom. The molecule has 1 saturated heterocycles. The van der Waals surface area contributed by atoms with E-state index in [9.17, 15) is 20.1 Å². The normalized spacial score (nSPS) is 36.0. The van der Waals surface area contributed by atoms with Crippen molar-refractivity contribution in [2.45, 2.75) is 106 Å². The van der Waals surface area contributed by atoms with E-state index in [1.54, 1.807) is 12.5 Å². The number of ether oxygens (including phenoxy) is 3. The average Bonchev–Trinajstić information content (AvgIpc) is 3.42. The SMILES string of the molecule is NC[C@H]1O[C@H](O[C@H]2[C@H](O)[C@@H](O)[C@H](N)C[C@@H]2N)[C@H](N)[C@@H](O)[C@@H]1OCCCCCCNC(=O)C(N)Cc1cnc[nH]1. The van der Waals surface area contributed by atoms with Gasteiger partial charge in [-0.2, -0.15) is 0 Å². The van der Waals surface area contributed by atoms with Gasteiger partial charge in [-0.05, 0) is 19.3 Å². The average molecular weight is 559 g/mol. The van der Waals surface area contributed by atoms with Crippen LogP contribution in [0.25, 0.3) is 0 Å². The van der Waals surface area contributed by atoms with Crippen LogP contribution >= 0.6 is 0 Å². The molecule has 2 fully saturated rings. The highest BCUT2D eigenvalue weighted by Gasteiger charge is 2.48. The Hall–Kier alpha value is -1.76. The number of hydrogen-bond donors (Lipinski definition) is 10. The van der Waals surface area contributed by atoms with E-state index in [1.807, 2.05) is 0 Å². The number of amides is 1. The van der Waals surface area contributed by atoms with E-state index in [4.69, 9.17) is 42.9 Å². The molecule has 2 heterocycles. The number of unbranched alkanes of at least 4 members (excludes halogenated alkanes) is 3. The summed E-state index contributed by atoms with van der Waals surface area (Å²) in [7, 11) is 0. The third-order valence-electron chi connectivity index (χ3n) is 7.35. The number of nitrogens with one attached hydrogen (secondary N) is 2. The third kappa shape index (κ3) is 8.61. The Morgan fingerprint density at radius 1 is 1.10 bits per heavy atom. The molecule has 15 N–H and O–H groups in total. The van der Waals surface area contributed by atoms with Crippen LogP contribution in [0.2, 0.25) is 0 Å². The Bertz CT molecular complexity index is 850. The number of aliphatic hydroxyl groups excluding tert-OH is 3. The molecular formula is C24H46N8O7. The van der Waals surface area contributed by atoms with E-state index in [0.717, 1.165) is 31.4 Å². The quantitative estimate of drug-likeness (QED) is 0.0973. The molecule has 1 aliphatic heterocycles. The van der Waals surface area contributed by atoms with Crippen LogP contribution in [0.15, 0.2) is 12.5 Å². The zero-order valence-electron chi connectivity index (χ0n) is 22.2. The molecule has 1 amide bonds. The van der Waals surface area contributed by atoms with Gasteiger partial charge in [0.05, 0.1) is 24.5 Å². The molecule has 39 heavy (non-hydrogen) atoms. The van der Waals surface area contributed by atoms with Crippen LogP contribution in [-0.2, 0) is 25.4 Å². The number of aromatic nitrogens is 2. The molecule has 0 radical (unpaired) electrons. The third-order valence-corrected chi connectivity index (χ3v) is 7.35. The second-order valence-corrected chi connectivity index (χ2v) is 10.4. The van der Waals surface area contributed by atoms with Gasteiger partial charge in [-0.1, -0.05) is 12.8 Å².